The topological polar surface area (TPSA) is 35.5 Å². The molecule has 114 valence electrons. The van der Waals surface area contributed by atoms with Gasteiger partial charge in [0.2, 0.25) is 0 Å². The summed E-state index contributed by atoms with van der Waals surface area (Å²) >= 11 is 0. The van der Waals surface area contributed by atoms with Gasteiger partial charge in [-0.3, -0.25) is 0 Å². The molecular weight excluding hydrogens is 259 g/mol. The van der Waals surface area contributed by atoms with Gasteiger partial charge in [-0.2, -0.15) is 0 Å². The van der Waals surface area contributed by atoms with E-state index in [0.29, 0.717) is 12.1 Å². The standard InChI is InChI=1S/C17H27BN2O/c1-18(21)20-11-5-4-8-17(20)9-10-19-16-12-14-6-2-3-7-15(14)13-16/h2-3,6-7,16-17,19,21H,4-5,8-13H2,1H3. The molecule has 0 amide bonds. The zero-order valence-electron chi connectivity index (χ0n) is 13.1. The average molecular weight is 286 g/mol. The molecule has 1 atom stereocenters. The number of piperidine rings is 1. The van der Waals surface area contributed by atoms with E-state index in [1.54, 1.807) is 0 Å². The van der Waals surface area contributed by atoms with E-state index < -0.39 is 0 Å². The van der Waals surface area contributed by atoms with Gasteiger partial charge in [0, 0.05) is 12.1 Å². The Morgan fingerprint density at radius 1 is 1.24 bits per heavy atom. The zero-order chi connectivity index (χ0) is 14.7. The molecule has 1 aliphatic heterocycles. The summed E-state index contributed by atoms with van der Waals surface area (Å²) in [6.45, 7) is 4.02. The van der Waals surface area contributed by atoms with Crippen LogP contribution in [0.3, 0.4) is 0 Å². The molecule has 0 radical (unpaired) electrons. The number of rotatable bonds is 5. The van der Waals surface area contributed by atoms with Crippen LogP contribution in [0, 0.1) is 0 Å². The predicted molar refractivity (Wildman–Crippen MR) is 88.4 cm³/mol. The van der Waals surface area contributed by atoms with Crippen LogP contribution in [0.5, 0.6) is 0 Å². The van der Waals surface area contributed by atoms with E-state index in [1.165, 1.54) is 43.2 Å². The smallest absolute Gasteiger partial charge is 0.376 e. The van der Waals surface area contributed by atoms with Crippen LogP contribution in [0.2, 0.25) is 6.82 Å². The molecule has 0 saturated carbocycles. The first-order valence-corrected chi connectivity index (χ1v) is 8.48. The van der Waals surface area contributed by atoms with E-state index in [-0.39, 0.29) is 7.05 Å². The molecule has 1 aromatic rings. The summed E-state index contributed by atoms with van der Waals surface area (Å²) in [6, 6.07) is 9.95. The molecule has 4 heteroatoms. The Bertz CT molecular complexity index is 441. The number of benzene rings is 1. The van der Waals surface area contributed by atoms with Gasteiger partial charge < -0.3 is 15.2 Å². The predicted octanol–water partition coefficient (Wildman–Crippen LogP) is 2.10. The molecule has 21 heavy (non-hydrogen) atoms. The normalized spacial score (nSPS) is 23.2. The van der Waals surface area contributed by atoms with Gasteiger partial charge in [-0.1, -0.05) is 30.7 Å². The van der Waals surface area contributed by atoms with Crippen LogP contribution in [0.4, 0.5) is 0 Å². The number of hydrogen-bond donors (Lipinski definition) is 2. The maximum absolute atomic E-state index is 9.88. The zero-order valence-corrected chi connectivity index (χ0v) is 13.1. The van der Waals surface area contributed by atoms with Crippen LogP contribution in [0.15, 0.2) is 24.3 Å². The molecule has 3 nitrogen and oxygen atoms in total. The summed E-state index contributed by atoms with van der Waals surface area (Å²) < 4.78 is 0. The molecule has 0 aromatic heterocycles. The fourth-order valence-electron chi connectivity index (χ4n) is 3.98. The largest absolute Gasteiger partial charge is 0.437 e. The molecule has 1 aliphatic carbocycles. The average Bonchev–Trinajstić information content (AvgIpc) is 2.90. The maximum Gasteiger partial charge on any atom is 0.376 e. The number of hydrogen-bond acceptors (Lipinski definition) is 3. The second kappa shape index (κ2) is 6.95. The molecule has 0 spiro atoms. The molecule has 1 aromatic carbocycles. The summed E-state index contributed by atoms with van der Waals surface area (Å²) in [5.41, 5.74) is 3.02. The number of nitrogens with one attached hydrogen (secondary N) is 1. The Kier molecular flexibility index (Phi) is 4.99. The van der Waals surface area contributed by atoms with Crippen molar-refractivity contribution in [2.45, 2.75) is 57.4 Å². The molecule has 0 bridgehead atoms. The van der Waals surface area contributed by atoms with Crippen molar-refractivity contribution in [2.24, 2.45) is 0 Å². The highest BCUT2D eigenvalue weighted by molar-refractivity contribution is 6.45. The minimum absolute atomic E-state index is 0.300. The molecule has 2 aliphatic rings. The Morgan fingerprint density at radius 3 is 2.62 bits per heavy atom. The van der Waals surface area contributed by atoms with Crippen molar-refractivity contribution < 1.29 is 5.02 Å². The fraction of sp³-hybridized carbons (Fsp3) is 0.647. The van der Waals surface area contributed by atoms with Crippen molar-refractivity contribution in [3.8, 4) is 0 Å². The lowest BCUT2D eigenvalue weighted by molar-refractivity contribution is 0.212. The van der Waals surface area contributed by atoms with Gasteiger partial charge in [-0.15, -0.1) is 0 Å². The third-order valence-corrected chi connectivity index (χ3v) is 5.11. The van der Waals surface area contributed by atoms with Gasteiger partial charge >= 0.3 is 7.05 Å². The first kappa shape index (κ1) is 15.1. The van der Waals surface area contributed by atoms with Crippen LogP contribution in [-0.4, -0.2) is 42.1 Å². The van der Waals surface area contributed by atoms with E-state index in [4.69, 9.17) is 0 Å². The highest BCUT2D eigenvalue weighted by atomic mass is 16.2. The number of fused-ring (bicyclic) bond motifs is 1. The lowest BCUT2D eigenvalue weighted by atomic mass is 9.79. The van der Waals surface area contributed by atoms with E-state index >= 15 is 0 Å². The molecule has 3 rings (SSSR count). The summed E-state index contributed by atoms with van der Waals surface area (Å²) in [5, 5.41) is 13.6. The third kappa shape index (κ3) is 3.68. The second-order valence-corrected chi connectivity index (χ2v) is 6.64. The van der Waals surface area contributed by atoms with Crippen LogP contribution < -0.4 is 5.32 Å². The highest BCUT2D eigenvalue weighted by Gasteiger charge is 2.28. The molecule has 1 fully saturated rings. The van der Waals surface area contributed by atoms with E-state index in [1.807, 2.05) is 6.82 Å². The number of nitrogens with zero attached hydrogens (tertiary/aromatic N) is 1. The van der Waals surface area contributed by atoms with Gasteiger partial charge in [-0.05, 0) is 63.1 Å². The quantitative estimate of drug-likeness (QED) is 0.814. The Morgan fingerprint density at radius 2 is 1.95 bits per heavy atom. The first-order chi connectivity index (χ1) is 10.2. The molecule has 1 heterocycles. The molecule has 1 unspecified atom stereocenters. The Hall–Kier alpha value is -0.835. The Labute approximate surface area is 128 Å². The molecule has 2 N–H and O–H groups in total. The minimum atomic E-state index is -0.300. The summed E-state index contributed by atoms with van der Waals surface area (Å²) in [6.07, 6.45) is 7.26. The molecule has 1 saturated heterocycles. The lowest BCUT2D eigenvalue weighted by Gasteiger charge is -2.36. The SMILES string of the molecule is CB(O)N1CCCCC1CCNC1Cc2ccccc2C1. The molecular formula is C17H27BN2O. The monoisotopic (exact) mass is 286 g/mol. The van der Waals surface area contributed by atoms with Crippen LogP contribution >= 0.6 is 0 Å². The van der Waals surface area contributed by atoms with E-state index in [0.717, 1.165) is 19.5 Å². The minimum Gasteiger partial charge on any atom is -0.437 e. The summed E-state index contributed by atoms with van der Waals surface area (Å²) in [5.74, 6) is 0. The van der Waals surface area contributed by atoms with Crippen molar-refractivity contribution in [3.63, 3.8) is 0 Å². The van der Waals surface area contributed by atoms with Crippen LogP contribution in [-0.2, 0) is 12.8 Å². The summed E-state index contributed by atoms with van der Waals surface area (Å²) in [7, 11) is -0.300. The maximum atomic E-state index is 9.88. The van der Waals surface area contributed by atoms with Crippen LogP contribution in [0.1, 0.15) is 36.8 Å². The van der Waals surface area contributed by atoms with Crippen molar-refractivity contribution in [1.82, 2.24) is 10.1 Å². The first-order valence-electron chi connectivity index (χ1n) is 8.48. The third-order valence-electron chi connectivity index (χ3n) is 5.11. The highest BCUT2D eigenvalue weighted by Crippen LogP contribution is 2.23. The van der Waals surface area contributed by atoms with Gasteiger partial charge in [-0.25, -0.2) is 0 Å². The lowest BCUT2D eigenvalue weighted by Crippen LogP contribution is -2.49. The van der Waals surface area contributed by atoms with E-state index in [9.17, 15) is 5.02 Å². The van der Waals surface area contributed by atoms with Gasteiger partial charge in [0.05, 0.1) is 0 Å². The van der Waals surface area contributed by atoms with Crippen LogP contribution in [0.25, 0.3) is 0 Å². The fourth-order valence-corrected chi connectivity index (χ4v) is 3.98. The van der Waals surface area contributed by atoms with Crippen molar-refractivity contribution >= 4 is 7.05 Å². The van der Waals surface area contributed by atoms with Crippen molar-refractivity contribution in [2.75, 3.05) is 13.1 Å². The van der Waals surface area contributed by atoms with Gasteiger partial charge in [0.25, 0.3) is 0 Å². The summed E-state index contributed by atoms with van der Waals surface area (Å²) in [4.78, 5) is 2.27. The van der Waals surface area contributed by atoms with Gasteiger partial charge in [0.1, 0.15) is 0 Å². The van der Waals surface area contributed by atoms with Gasteiger partial charge in [0.15, 0.2) is 0 Å². The van der Waals surface area contributed by atoms with Crippen molar-refractivity contribution in [1.29, 1.82) is 0 Å². The Balaban J connectivity index is 1.44. The van der Waals surface area contributed by atoms with E-state index in [2.05, 4.69) is 34.4 Å². The van der Waals surface area contributed by atoms with Crippen molar-refractivity contribution in [3.05, 3.63) is 35.4 Å². The second-order valence-electron chi connectivity index (χ2n) is 6.64.